The van der Waals surface area contributed by atoms with Crippen LogP contribution >= 0.6 is 0 Å². The van der Waals surface area contributed by atoms with Gasteiger partial charge in [-0.1, -0.05) is 0 Å². The van der Waals surface area contributed by atoms with Gasteiger partial charge in [-0.3, -0.25) is 4.79 Å². The van der Waals surface area contributed by atoms with Crippen molar-refractivity contribution in [3.05, 3.63) is 0 Å². The summed E-state index contributed by atoms with van der Waals surface area (Å²) >= 11 is 0. The zero-order valence-corrected chi connectivity index (χ0v) is 6.34. The molecule has 2 heterocycles. The van der Waals surface area contributed by atoms with E-state index in [0.717, 1.165) is 0 Å². The Morgan fingerprint density at radius 1 is 1.58 bits per heavy atom. The van der Waals surface area contributed by atoms with E-state index in [1.54, 1.807) is 0 Å². The van der Waals surface area contributed by atoms with E-state index >= 15 is 0 Å². The molecule has 0 aromatic carbocycles. The smallest absolute Gasteiger partial charge is 0.309 e. The van der Waals surface area contributed by atoms with E-state index in [4.69, 9.17) is 14.6 Å². The number of carbonyl (C=O) groups is 1. The van der Waals surface area contributed by atoms with Crippen molar-refractivity contribution >= 4 is 5.97 Å². The van der Waals surface area contributed by atoms with Crippen LogP contribution in [0.4, 0.5) is 0 Å². The summed E-state index contributed by atoms with van der Waals surface area (Å²) in [4.78, 5) is 10.7. The number of rotatable bonds is 1. The predicted octanol–water partition coefficient (Wildman–Crippen LogP) is -1.58. The van der Waals surface area contributed by atoms with Gasteiger partial charge in [-0.15, -0.1) is 0 Å². The molecule has 68 valence electrons. The molecule has 4 atom stereocenters. The molecule has 0 spiro atoms. The Morgan fingerprint density at radius 2 is 2.33 bits per heavy atom. The lowest BCUT2D eigenvalue weighted by Gasteiger charge is -2.13. The van der Waals surface area contributed by atoms with Gasteiger partial charge in [-0.25, -0.2) is 0 Å². The first-order chi connectivity index (χ1) is 5.72. The molecule has 2 N–H and O–H groups in total. The molecule has 0 aromatic heterocycles. The van der Waals surface area contributed by atoms with Gasteiger partial charge in [0.05, 0.1) is 13.0 Å². The van der Waals surface area contributed by atoms with E-state index in [-0.39, 0.29) is 25.1 Å². The third kappa shape index (κ3) is 1.01. The van der Waals surface area contributed by atoms with Gasteiger partial charge in [-0.05, 0) is 0 Å². The standard InChI is InChI=1S/C7H10O5/c8-2-4-6(10)7-3(11-4)1-5(9)12-7/h3-4,6-8,10H,1-2H2/t3-,4+,6+,7+/m0/s1. The van der Waals surface area contributed by atoms with Crippen LogP contribution in [0.15, 0.2) is 0 Å². The summed E-state index contributed by atoms with van der Waals surface area (Å²) in [5.41, 5.74) is 0. The van der Waals surface area contributed by atoms with Gasteiger partial charge in [0.25, 0.3) is 0 Å². The third-order valence-corrected chi connectivity index (χ3v) is 2.25. The van der Waals surface area contributed by atoms with Gasteiger partial charge in [0.15, 0.2) is 6.10 Å². The van der Waals surface area contributed by atoms with Crippen LogP contribution in [0.1, 0.15) is 6.42 Å². The van der Waals surface area contributed by atoms with Crippen LogP contribution in [0.3, 0.4) is 0 Å². The molecule has 0 radical (unpaired) electrons. The van der Waals surface area contributed by atoms with Crippen molar-refractivity contribution in [1.82, 2.24) is 0 Å². The minimum atomic E-state index is -0.883. The van der Waals surface area contributed by atoms with Gasteiger partial charge in [0.1, 0.15) is 18.3 Å². The Bertz CT molecular complexity index is 204. The molecule has 5 heteroatoms. The molecule has 0 unspecified atom stereocenters. The molecule has 0 amide bonds. The van der Waals surface area contributed by atoms with Crippen LogP contribution < -0.4 is 0 Å². The lowest BCUT2D eigenvalue weighted by atomic mass is 10.1. The Hall–Kier alpha value is -0.650. The van der Waals surface area contributed by atoms with E-state index < -0.39 is 18.3 Å². The summed E-state index contributed by atoms with van der Waals surface area (Å²) in [6.07, 6.45) is -2.25. The Morgan fingerprint density at radius 3 is 2.92 bits per heavy atom. The highest BCUT2D eigenvalue weighted by Crippen LogP contribution is 2.31. The van der Waals surface area contributed by atoms with Crippen molar-refractivity contribution in [2.24, 2.45) is 0 Å². The largest absolute Gasteiger partial charge is 0.457 e. The maximum Gasteiger partial charge on any atom is 0.309 e. The topological polar surface area (TPSA) is 76.0 Å². The SMILES string of the molecule is O=C1C[C@@H]2O[C@H](CO)[C@@H](O)[C@@H]2O1. The van der Waals surface area contributed by atoms with Crippen molar-refractivity contribution < 1.29 is 24.5 Å². The van der Waals surface area contributed by atoms with Gasteiger partial charge < -0.3 is 19.7 Å². The monoisotopic (exact) mass is 174 g/mol. The summed E-state index contributed by atoms with van der Waals surface area (Å²) in [5, 5.41) is 18.1. The molecular formula is C7H10O5. The van der Waals surface area contributed by atoms with E-state index in [1.165, 1.54) is 0 Å². The molecule has 0 saturated carbocycles. The third-order valence-electron chi connectivity index (χ3n) is 2.25. The summed E-state index contributed by atoms with van der Waals surface area (Å²) in [5.74, 6) is -0.347. The minimum Gasteiger partial charge on any atom is -0.457 e. The molecule has 2 aliphatic heterocycles. The number of aliphatic hydroxyl groups is 2. The molecular weight excluding hydrogens is 164 g/mol. The fraction of sp³-hybridized carbons (Fsp3) is 0.857. The molecule has 2 saturated heterocycles. The van der Waals surface area contributed by atoms with Crippen molar-refractivity contribution in [1.29, 1.82) is 0 Å². The quantitative estimate of drug-likeness (QED) is 0.469. The molecule has 2 fully saturated rings. The number of fused-ring (bicyclic) bond motifs is 1. The molecule has 0 aliphatic carbocycles. The molecule has 12 heavy (non-hydrogen) atoms. The fourth-order valence-corrected chi connectivity index (χ4v) is 1.64. The Labute approximate surface area is 68.9 Å². The predicted molar refractivity (Wildman–Crippen MR) is 36.3 cm³/mol. The number of carbonyl (C=O) groups excluding carboxylic acids is 1. The first-order valence-electron chi connectivity index (χ1n) is 3.86. The van der Waals surface area contributed by atoms with Crippen LogP contribution in [0, 0.1) is 0 Å². The Balaban J connectivity index is 2.08. The van der Waals surface area contributed by atoms with Crippen LogP contribution in [-0.4, -0.2) is 47.2 Å². The zero-order valence-electron chi connectivity index (χ0n) is 6.34. The average Bonchev–Trinajstić information content (AvgIpc) is 2.51. The van der Waals surface area contributed by atoms with E-state index in [9.17, 15) is 9.90 Å². The van der Waals surface area contributed by atoms with Gasteiger partial charge >= 0.3 is 5.97 Å². The first kappa shape index (κ1) is 7.97. The lowest BCUT2D eigenvalue weighted by molar-refractivity contribution is -0.146. The summed E-state index contributed by atoms with van der Waals surface area (Å²) < 4.78 is 9.98. The van der Waals surface area contributed by atoms with Crippen molar-refractivity contribution in [2.75, 3.05) is 6.61 Å². The molecule has 2 aliphatic rings. The second-order valence-electron chi connectivity index (χ2n) is 3.04. The number of hydrogen-bond acceptors (Lipinski definition) is 5. The maximum absolute atomic E-state index is 10.7. The van der Waals surface area contributed by atoms with E-state index in [1.807, 2.05) is 0 Å². The van der Waals surface area contributed by atoms with Crippen LogP contribution in [-0.2, 0) is 14.3 Å². The highest BCUT2D eigenvalue weighted by atomic mass is 16.6. The van der Waals surface area contributed by atoms with Gasteiger partial charge in [0, 0.05) is 0 Å². The summed E-state index contributed by atoms with van der Waals surface area (Å²) in [6.45, 7) is -0.244. The van der Waals surface area contributed by atoms with Crippen molar-refractivity contribution in [3.8, 4) is 0 Å². The highest BCUT2D eigenvalue weighted by Gasteiger charge is 2.50. The van der Waals surface area contributed by atoms with Crippen LogP contribution in [0.2, 0.25) is 0 Å². The number of ether oxygens (including phenoxy) is 2. The first-order valence-corrected chi connectivity index (χ1v) is 3.86. The number of esters is 1. The van der Waals surface area contributed by atoms with Gasteiger partial charge in [-0.2, -0.15) is 0 Å². The average molecular weight is 174 g/mol. The summed E-state index contributed by atoms with van der Waals surface area (Å²) in [6, 6.07) is 0. The minimum absolute atomic E-state index is 0.179. The molecule has 5 nitrogen and oxygen atoms in total. The van der Waals surface area contributed by atoms with Gasteiger partial charge in [0.2, 0.25) is 0 Å². The van der Waals surface area contributed by atoms with E-state index in [2.05, 4.69) is 0 Å². The Kier molecular flexibility index (Phi) is 1.79. The maximum atomic E-state index is 10.7. The zero-order chi connectivity index (χ0) is 8.72. The second kappa shape index (κ2) is 2.69. The fourth-order valence-electron chi connectivity index (χ4n) is 1.64. The summed E-state index contributed by atoms with van der Waals surface area (Å²) in [7, 11) is 0. The second-order valence-corrected chi connectivity index (χ2v) is 3.04. The van der Waals surface area contributed by atoms with Crippen molar-refractivity contribution in [3.63, 3.8) is 0 Å². The molecule has 2 rings (SSSR count). The number of hydrogen-bond donors (Lipinski definition) is 2. The normalized spacial score (nSPS) is 46.0. The highest BCUT2D eigenvalue weighted by molar-refractivity contribution is 5.72. The van der Waals surface area contributed by atoms with Crippen LogP contribution in [0.25, 0.3) is 0 Å². The van der Waals surface area contributed by atoms with E-state index in [0.29, 0.717) is 0 Å². The molecule has 0 bridgehead atoms. The van der Waals surface area contributed by atoms with Crippen LogP contribution in [0.5, 0.6) is 0 Å². The molecule has 0 aromatic rings. The lowest BCUT2D eigenvalue weighted by Crippen LogP contribution is -2.33. The number of aliphatic hydroxyl groups excluding tert-OH is 2. The van der Waals surface area contributed by atoms with Crippen molar-refractivity contribution in [2.45, 2.75) is 30.8 Å².